The minimum absolute atomic E-state index is 0.157. The van der Waals surface area contributed by atoms with Crippen molar-refractivity contribution in [2.45, 2.75) is 26.3 Å². The molecule has 1 rings (SSSR count). The average Bonchev–Trinajstić information content (AvgIpc) is 2.33. The van der Waals surface area contributed by atoms with E-state index in [1.54, 1.807) is 13.8 Å². The molecule has 0 radical (unpaired) electrons. The first-order valence-electron chi connectivity index (χ1n) is 6.15. The molecule has 0 saturated heterocycles. The molecule has 1 aromatic carbocycles. The van der Waals surface area contributed by atoms with Crippen LogP contribution in [0.3, 0.4) is 0 Å². The number of hydrogen-bond acceptors (Lipinski definition) is 3. The first-order chi connectivity index (χ1) is 9.33. The molecule has 0 heterocycles. The lowest BCUT2D eigenvalue weighted by molar-refractivity contribution is -0.146. The SMILES string of the molecule is COC(=O)[C@H](NC(=O)Cc1cc(F)cc(F)c1)C(C)C. The molecule has 4 nitrogen and oxygen atoms in total. The minimum Gasteiger partial charge on any atom is -0.467 e. The molecule has 110 valence electrons. The lowest BCUT2D eigenvalue weighted by atomic mass is 10.0. The third-order valence-electron chi connectivity index (χ3n) is 2.73. The van der Waals surface area contributed by atoms with Gasteiger partial charge in [-0.15, -0.1) is 0 Å². The van der Waals surface area contributed by atoms with Gasteiger partial charge in [-0.1, -0.05) is 13.8 Å². The molecule has 0 aliphatic carbocycles. The molecule has 1 amide bonds. The van der Waals surface area contributed by atoms with Crippen molar-refractivity contribution in [3.63, 3.8) is 0 Å². The van der Waals surface area contributed by atoms with Crippen molar-refractivity contribution >= 4 is 11.9 Å². The fourth-order valence-corrected chi connectivity index (χ4v) is 1.75. The van der Waals surface area contributed by atoms with Gasteiger partial charge in [0.1, 0.15) is 17.7 Å². The maximum Gasteiger partial charge on any atom is 0.328 e. The Hall–Kier alpha value is -1.98. The number of amides is 1. The van der Waals surface area contributed by atoms with Crippen LogP contribution in [0, 0.1) is 17.6 Å². The Kier molecular flexibility index (Phi) is 5.61. The molecular formula is C14H17F2NO3. The lowest BCUT2D eigenvalue weighted by Gasteiger charge is -2.19. The van der Waals surface area contributed by atoms with E-state index in [0.29, 0.717) is 0 Å². The molecule has 0 saturated carbocycles. The van der Waals surface area contributed by atoms with Crippen LogP contribution in [-0.4, -0.2) is 25.0 Å². The fourth-order valence-electron chi connectivity index (χ4n) is 1.75. The molecule has 0 aliphatic rings. The lowest BCUT2D eigenvalue weighted by Crippen LogP contribution is -2.45. The summed E-state index contributed by atoms with van der Waals surface area (Å²) in [6, 6.07) is 2.09. The molecule has 1 atom stereocenters. The maximum atomic E-state index is 13.0. The van der Waals surface area contributed by atoms with Gasteiger partial charge in [0.25, 0.3) is 0 Å². The van der Waals surface area contributed by atoms with Gasteiger partial charge in [-0.25, -0.2) is 13.6 Å². The number of carbonyl (C=O) groups is 2. The highest BCUT2D eigenvalue weighted by Crippen LogP contribution is 2.09. The number of methoxy groups -OCH3 is 1. The van der Waals surface area contributed by atoms with Crippen LogP contribution in [-0.2, 0) is 20.7 Å². The van der Waals surface area contributed by atoms with E-state index in [1.807, 2.05) is 0 Å². The number of halogens is 2. The third-order valence-corrected chi connectivity index (χ3v) is 2.73. The summed E-state index contributed by atoms with van der Waals surface area (Å²) in [7, 11) is 1.23. The maximum absolute atomic E-state index is 13.0. The van der Waals surface area contributed by atoms with Crippen molar-refractivity contribution in [1.82, 2.24) is 5.32 Å². The molecule has 1 aromatic rings. The zero-order chi connectivity index (χ0) is 15.3. The van der Waals surface area contributed by atoms with Crippen LogP contribution in [0.25, 0.3) is 0 Å². The summed E-state index contributed by atoms with van der Waals surface area (Å²) in [5, 5.41) is 2.50. The average molecular weight is 285 g/mol. The fraction of sp³-hybridized carbons (Fsp3) is 0.429. The Morgan fingerprint density at radius 2 is 1.75 bits per heavy atom. The van der Waals surface area contributed by atoms with Gasteiger partial charge in [0.2, 0.25) is 5.91 Å². The molecule has 6 heteroatoms. The second-order valence-corrected chi connectivity index (χ2v) is 4.77. The van der Waals surface area contributed by atoms with Crippen molar-refractivity contribution in [1.29, 1.82) is 0 Å². The number of nitrogens with one attached hydrogen (secondary N) is 1. The van der Waals surface area contributed by atoms with Crippen LogP contribution in [0.15, 0.2) is 18.2 Å². The zero-order valence-corrected chi connectivity index (χ0v) is 11.6. The monoisotopic (exact) mass is 285 g/mol. The van der Waals surface area contributed by atoms with E-state index in [0.717, 1.165) is 18.2 Å². The number of carbonyl (C=O) groups excluding carboxylic acids is 2. The van der Waals surface area contributed by atoms with E-state index < -0.39 is 29.6 Å². The van der Waals surface area contributed by atoms with E-state index in [-0.39, 0.29) is 17.9 Å². The summed E-state index contributed by atoms with van der Waals surface area (Å²) in [5.41, 5.74) is 0.201. The number of benzene rings is 1. The van der Waals surface area contributed by atoms with E-state index in [4.69, 9.17) is 0 Å². The molecule has 0 spiro atoms. The van der Waals surface area contributed by atoms with Crippen molar-refractivity contribution in [2.24, 2.45) is 5.92 Å². The zero-order valence-electron chi connectivity index (χ0n) is 11.6. The first-order valence-corrected chi connectivity index (χ1v) is 6.15. The normalized spacial score (nSPS) is 12.1. The van der Waals surface area contributed by atoms with Crippen LogP contribution in [0.4, 0.5) is 8.78 Å². The summed E-state index contributed by atoms with van der Waals surface area (Å²) in [4.78, 5) is 23.3. The molecule has 0 unspecified atom stereocenters. The van der Waals surface area contributed by atoms with Gasteiger partial charge < -0.3 is 10.1 Å². The smallest absolute Gasteiger partial charge is 0.328 e. The number of rotatable bonds is 5. The van der Waals surface area contributed by atoms with Crippen molar-refractivity contribution in [2.75, 3.05) is 7.11 Å². The first kappa shape index (κ1) is 16.1. The van der Waals surface area contributed by atoms with Crippen LogP contribution in [0.5, 0.6) is 0 Å². The minimum atomic E-state index is -0.786. The van der Waals surface area contributed by atoms with Crippen LogP contribution < -0.4 is 5.32 Å². The Labute approximate surface area is 116 Å². The predicted octanol–water partition coefficient (Wildman–Crippen LogP) is 1.82. The Bertz CT molecular complexity index is 483. The molecular weight excluding hydrogens is 268 g/mol. The number of ether oxygens (including phenoxy) is 1. The standard InChI is InChI=1S/C14H17F2NO3/c1-8(2)13(14(19)20-3)17-12(18)6-9-4-10(15)7-11(16)5-9/h4-5,7-8,13H,6H2,1-3H3,(H,17,18)/t13-/m1/s1. The highest BCUT2D eigenvalue weighted by Gasteiger charge is 2.24. The summed E-state index contributed by atoms with van der Waals surface area (Å²) in [6.07, 6.45) is -0.213. The highest BCUT2D eigenvalue weighted by atomic mass is 19.1. The Morgan fingerprint density at radius 1 is 1.20 bits per heavy atom. The second-order valence-electron chi connectivity index (χ2n) is 4.77. The van der Waals surface area contributed by atoms with Crippen LogP contribution >= 0.6 is 0 Å². The van der Waals surface area contributed by atoms with E-state index in [1.165, 1.54) is 7.11 Å². The van der Waals surface area contributed by atoms with Crippen molar-refractivity contribution in [3.05, 3.63) is 35.4 Å². The van der Waals surface area contributed by atoms with Crippen LogP contribution in [0.1, 0.15) is 19.4 Å². The van der Waals surface area contributed by atoms with Gasteiger partial charge in [-0.2, -0.15) is 0 Å². The molecule has 0 aromatic heterocycles. The molecule has 0 aliphatic heterocycles. The van der Waals surface area contributed by atoms with E-state index >= 15 is 0 Å². The van der Waals surface area contributed by atoms with Crippen LogP contribution in [0.2, 0.25) is 0 Å². The van der Waals surface area contributed by atoms with E-state index in [9.17, 15) is 18.4 Å². The number of hydrogen-bond donors (Lipinski definition) is 1. The van der Waals surface area contributed by atoms with Gasteiger partial charge >= 0.3 is 5.97 Å². The third kappa shape index (κ3) is 4.60. The molecule has 20 heavy (non-hydrogen) atoms. The predicted molar refractivity (Wildman–Crippen MR) is 68.8 cm³/mol. The molecule has 1 N–H and O–H groups in total. The van der Waals surface area contributed by atoms with E-state index in [2.05, 4.69) is 10.1 Å². The summed E-state index contributed by atoms with van der Waals surface area (Å²) >= 11 is 0. The highest BCUT2D eigenvalue weighted by molar-refractivity contribution is 5.85. The van der Waals surface area contributed by atoms with Crippen molar-refractivity contribution < 1.29 is 23.1 Å². The Morgan fingerprint density at radius 3 is 2.20 bits per heavy atom. The Balaban J connectivity index is 2.73. The summed E-state index contributed by atoms with van der Waals surface area (Å²) in [6.45, 7) is 3.51. The second kappa shape index (κ2) is 6.98. The van der Waals surface area contributed by atoms with Gasteiger partial charge in [-0.3, -0.25) is 4.79 Å². The molecule has 0 bridgehead atoms. The topological polar surface area (TPSA) is 55.4 Å². The molecule has 0 fully saturated rings. The van der Waals surface area contributed by atoms with Gasteiger partial charge in [-0.05, 0) is 23.6 Å². The number of esters is 1. The van der Waals surface area contributed by atoms with Gasteiger partial charge in [0, 0.05) is 6.07 Å². The largest absolute Gasteiger partial charge is 0.467 e. The van der Waals surface area contributed by atoms with Gasteiger partial charge in [0.15, 0.2) is 0 Å². The van der Waals surface area contributed by atoms with Gasteiger partial charge in [0.05, 0.1) is 13.5 Å². The van der Waals surface area contributed by atoms with Crippen molar-refractivity contribution in [3.8, 4) is 0 Å². The quantitative estimate of drug-likeness (QED) is 0.840. The summed E-state index contributed by atoms with van der Waals surface area (Å²) < 4.78 is 30.6. The summed E-state index contributed by atoms with van der Waals surface area (Å²) in [5.74, 6) is -2.71.